The number of furan rings is 2. The summed E-state index contributed by atoms with van der Waals surface area (Å²) in [7, 11) is 0. The molecule has 11 aromatic rings. The lowest BCUT2D eigenvalue weighted by Crippen LogP contribution is -2.40. The average Bonchev–Trinajstić information content (AvgIpc) is 3.92. The molecule has 1 aliphatic heterocycles. The van der Waals surface area contributed by atoms with Crippen LogP contribution in [0.2, 0.25) is 0 Å². The number of nitrogens with zero attached hydrogens (tertiary/aromatic N) is 2. The Kier molecular flexibility index (Phi) is 5.11. The van der Waals surface area contributed by atoms with Crippen molar-refractivity contribution < 1.29 is 8.83 Å². The molecule has 1 aliphatic rings. The van der Waals surface area contributed by atoms with Crippen molar-refractivity contribution in [2.24, 2.45) is 4.99 Å². The second-order valence-corrected chi connectivity index (χ2v) is 14.2. The monoisotopic (exact) mass is 659 g/mol. The van der Waals surface area contributed by atoms with Gasteiger partial charge in [0, 0.05) is 52.7 Å². The Labute approximate surface area is 287 Å². The molecular weight excluding hydrogens is 635 g/mol. The zero-order chi connectivity index (χ0) is 32.5. The highest BCUT2D eigenvalue weighted by atomic mass is 32.1. The first-order chi connectivity index (χ1) is 24.8. The molecule has 0 spiro atoms. The minimum absolute atomic E-state index is 0.441. The summed E-state index contributed by atoms with van der Waals surface area (Å²) in [5, 5.41) is 15.1. The van der Waals surface area contributed by atoms with E-state index in [1.807, 2.05) is 18.2 Å². The van der Waals surface area contributed by atoms with E-state index < -0.39 is 6.29 Å². The van der Waals surface area contributed by atoms with Crippen LogP contribution < -0.4 is 16.1 Å². The van der Waals surface area contributed by atoms with Crippen molar-refractivity contribution in [1.29, 1.82) is 0 Å². The fraction of sp³-hybridized carbons (Fsp3) is 0.0227. The van der Waals surface area contributed by atoms with Crippen LogP contribution >= 0.6 is 11.3 Å². The van der Waals surface area contributed by atoms with Gasteiger partial charge in [-0.25, -0.2) is 4.99 Å². The molecule has 234 valence electrons. The molecular formula is C44H25N3O2S. The molecule has 0 saturated carbocycles. The Balaban J connectivity index is 1.22. The minimum atomic E-state index is -0.441. The third-order valence-corrected chi connectivity index (χ3v) is 11.6. The normalized spacial score (nSPS) is 14.9. The van der Waals surface area contributed by atoms with Gasteiger partial charge in [-0.3, -0.25) is 0 Å². The van der Waals surface area contributed by atoms with E-state index in [-0.39, 0.29) is 0 Å². The average molecular weight is 660 g/mol. The second-order valence-electron chi connectivity index (χ2n) is 13.1. The smallest absolute Gasteiger partial charge is 0.201 e. The van der Waals surface area contributed by atoms with Crippen LogP contribution in [-0.4, -0.2) is 4.57 Å². The van der Waals surface area contributed by atoms with Crippen molar-refractivity contribution in [1.82, 2.24) is 9.88 Å². The van der Waals surface area contributed by atoms with Crippen LogP contribution in [0.3, 0.4) is 0 Å². The van der Waals surface area contributed by atoms with E-state index in [4.69, 9.17) is 13.8 Å². The minimum Gasteiger partial charge on any atom is -0.455 e. The van der Waals surface area contributed by atoms with Crippen LogP contribution in [0, 0.1) is 0 Å². The molecule has 6 heteroatoms. The van der Waals surface area contributed by atoms with Gasteiger partial charge in [-0.15, -0.1) is 11.3 Å². The number of rotatable bonds is 2. The summed E-state index contributed by atoms with van der Waals surface area (Å²) in [5.41, 5.74) is 7.62. The van der Waals surface area contributed by atoms with Crippen molar-refractivity contribution in [2.45, 2.75) is 6.29 Å². The molecule has 0 amide bonds. The number of thiophene rings is 1. The maximum Gasteiger partial charge on any atom is 0.201 e. The molecule has 5 heterocycles. The lowest BCUT2D eigenvalue weighted by Gasteiger charge is -2.24. The molecule has 1 N–H and O–H groups in total. The molecule has 5 nitrogen and oxygen atoms in total. The van der Waals surface area contributed by atoms with Gasteiger partial charge in [-0.05, 0) is 59.3 Å². The first kappa shape index (κ1) is 26.6. The summed E-state index contributed by atoms with van der Waals surface area (Å²) < 4.78 is 18.1. The molecule has 12 rings (SSSR count). The number of hydrogen-bond donors (Lipinski definition) is 1. The van der Waals surface area contributed by atoms with Gasteiger partial charge in [0.15, 0.2) is 5.42 Å². The van der Waals surface area contributed by atoms with Crippen molar-refractivity contribution >= 4 is 103 Å². The van der Waals surface area contributed by atoms with Crippen molar-refractivity contribution in [3.05, 3.63) is 156 Å². The van der Waals surface area contributed by atoms with Gasteiger partial charge in [-0.1, -0.05) is 91.0 Å². The van der Waals surface area contributed by atoms with Crippen LogP contribution in [0.25, 0.3) is 91.4 Å². The van der Waals surface area contributed by atoms with Crippen LogP contribution in [0.5, 0.6) is 0 Å². The van der Waals surface area contributed by atoms with Crippen LogP contribution in [-0.2, 0) is 0 Å². The summed E-state index contributed by atoms with van der Waals surface area (Å²) in [6.07, 6.45) is -0.441. The summed E-state index contributed by atoms with van der Waals surface area (Å²) in [6, 6.07) is 49.3. The molecule has 4 aromatic heterocycles. The molecule has 0 radical (unpaired) electrons. The van der Waals surface area contributed by atoms with Crippen molar-refractivity contribution in [3.8, 4) is 0 Å². The number of fused-ring (bicyclic) bond motifs is 14. The Morgan fingerprint density at radius 2 is 1.26 bits per heavy atom. The molecule has 0 aliphatic carbocycles. The maximum atomic E-state index is 6.74. The van der Waals surface area contributed by atoms with Crippen LogP contribution in [0.1, 0.15) is 11.9 Å². The van der Waals surface area contributed by atoms with Crippen molar-refractivity contribution in [2.75, 3.05) is 0 Å². The maximum absolute atomic E-state index is 6.74. The Hall–Kier alpha value is -6.37. The van der Waals surface area contributed by atoms with Gasteiger partial charge in [0.2, 0.25) is 6.29 Å². The third-order valence-electron chi connectivity index (χ3n) is 10.4. The largest absolute Gasteiger partial charge is 0.455 e. The second kappa shape index (κ2) is 9.62. The van der Waals surface area contributed by atoms with Gasteiger partial charge >= 0.3 is 0 Å². The number of para-hydroxylation sites is 3. The number of aromatic nitrogens is 1. The zero-order valence-corrected chi connectivity index (χ0v) is 27.3. The first-order valence-corrected chi connectivity index (χ1v) is 17.6. The lowest BCUT2D eigenvalue weighted by molar-refractivity contribution is 0.467. The van der Waals surface area contributed by atoms with Gasteiger partial charge in [0.05, 0.1) is 16.7 Å². The van der Waals surface area contributed by atoms with E-state index in [1.54, 1.807) is 11.3 Å². The van der Waals surface area contributed by atoms with E-state index in [0.29, 0.717) is 0 Å². The highest BCUT2D eigenvalue weighted by molar-refractivity contribution is 7.26. The van der Waals surface area contributed by atoms with E-state index >= 15 is 0 Å². The lowest BCUT2D eigenvalue weighted by atomic mass is 10.0. The standard InChI is InChI=1S/C44H25N3O2S/c1-2-12-25-22-34-30(21-24(25)11-1)26-13-3-7-17-33(26)47(34)44-45-39-28-15-5-9-19-36(28)49-42(39)40(46-44)32-23-31-27-14-4-8-18-35(27)48-41(31)38-29-16-6-10-20-37(29)50-43(32)38/h1-23,44,46H. The van der Waals surface area contributed by atoms with E-state index in [2.05, 4.69) is 131 Å². The molecule has 0 fully saturated rings. The molecule has 1 atom stereocenters. The van der Waals surface area contributed by atoms with Gasteiger partial charge in [-0.2, -0.15) is 0 Å². The predicted octanol–water partition coefficient (Wildman–Crippen LogP) is 10.5. The number of benzene rings is 7. The fourth-order valence-corrected chi connectivity index (χ4v) is 9.42. The molecule has 0 saturated heterocycles. The third kappa shape index (κ3) is 3.47. The fourth-order valence-electron chi connectivity index (χ4n) is 8.20. The first-order valence-electron chi connectivity index (χ1n) is 16.8. The highest BCUT2D eigenvalue weighted by Gasteiger charge is 2.28. The topological polar surface area (TPSA) is 55.6 Å². The Morgan fingerprint density at radius 1 is 0.580 bits per heavy atom. The van der Waals surface area contributed by atoms with E-state index in [0.717, 1.165) is 76.1 Å². The van der Waals surface area contributed by atoms with Crippen LogP contribution in [0.4, 0.5) is 0 Å². The van der Waals surface area contributed by atoms with Gasteiger partial charge in [0.25, 0.3) is 0 Å². The predicted molar refractivity (Wildman–Crippen MR) is 205 cm³/mol. The molecule has 7 aromatic carbocycles. The van der Waals surface area contributed by atoms with Crippen molar-refractivity contribution in [3.63, 3.8) is 0 Å². The van der Waals surface area contributed by atoms with E-state index in [1.165, 1.54) is 31.6 Å². The van der Waals surface area contributed by atoms with E-state index in [9.17, 15) is 0 Å². The summed E-state index contributed by atoms with van der Waals surface area (Å²) in [5.74, 6) is 0. The number of nitrogens with one attached hydrogen (secondary N) is 1. The molecule has 0 bridgehead atoms. The zero-order valence-electron chi connectivity index (χ0n) is 26.5. The van der Waals surface area contributed by atoms with Crippen LogP contribution in [0.15, 0.2) is 153 Å². The quantitative estimate of drug-likeness (QED) is 0.201. The van der Waals surface area contributed by atoms with Gasteiger partial charge in [0.1, 0.15) is 22.1 Å². The highest BCUT2D eigenvalue weighted by Crippen LogP contribution is 2.45. The summed E-state index contributed by atoms with van der Waals surface area (Å²) in [4.78, 5) is 5.48. The number of hydrogen-bond acceptors (Lipinski definition) is 5. The molecule has 1 unspecified atom stereocenters. The molecule has 50 heavy (non-hydrogen) atoms. The summed E-state index contributed by atoms with van der Waals surface area (Å²) in [6.45, 7) is 0. The SMILES string of the molecule is c1ccc2cc3c(cc2c1)c1ccccc1n3C1N=c2c(oc3ccccc23)=C(c2cc3c4ccccc4oc3c3c2sc2ccccc23)N1. The summed E-state index contributed by atoms with van der Waals surface area (Å²) >= 11 is 1.79. The van der Waals surface area contributed by atoms with Gasteiger partial charge < -0.3 is 18.7 Å². The Morgan fingerprint density at radius 3 is 2.12 bits per heavy atom. The Bertz CT molecular complexity index is 3380.